The molecule has 1 atom stereocenters. The minimum Gasteiger partial charge on any atom is -0.493 e. The predicted molar refractivity (Wildman–Crippen MR) is 186 cm³/mol. The van der Waals surface area contributed by atoms with E-state index in [2.05, 4.69) is 10.6 Å². The Hall–Kier alpha value is -4.97. The van der Waals surface area contributed by atoms with Crippen LogP contribution in [0.5, 0.6) is 17.2 Å². The average molecular weight is 707 g/mol. The standard InChI is InChI=1S/C35H29Cl2N3O7S/c1-45-28-15-20(16-29(46-2)32(28)47-3)14-27(39-33(42)21-8-5-4-6-9-21)34(43)38-22-10-7-11-24(17-22)48-30-19-31(41)40(35(30)44)23-12-13-25(36)26(37)18-23/h4-18,30H,19H2,1-3H3,(H,38,43)(H,39,42)/b27-14-. The molecular formula is C35H29Cl2N3O7S. The number of imide groups is 1. The molecule has 1 unspecified atom stereocenters. The number of hydrogen-bond donors (Lipinski definition) is 2. The largest absolute Gasteiger partial charge is 0.493 e. The Balaban J connectivity index is 1.38. The Morgan fingerprint density at radius 2 is 1.56 bits per heavy atom. The van der Waals surface area contributed by atoms with Gasteiger partial charge in [0.2, 0.25) is 17.6 Å². The fourth-order valence-electron chi connectivity index (χ4n) is 4.90. The van der Waals surface area contributed by atoms with Crippen molar-refractivity contribution in [3.8, 4) is 17.2 Å². The van der Waals surface area contributed by atoms with Gasteiger partial charge in [0.15, 0.2) is 11.5 Å². The third kappa shape index (κ3) is 7.76. The van der Waals surface area contributed by atoms with E-state index in [1.165, 1.54) is 51.3 Å². The SMILES string of the molecule is COc1cc(/C=C(\NC(=O)c2ccccc2)C(=O)Nc2cccc(SC3CC(=O)N(c4ccc(Cl)c(Cl)c4)C3=O)c2)cc(OC)c1OC. The molecule has 10 nitrogen and oxygen atoms in total. The van der Waals surface area contributed by atoms with Gasteiger partial charge in [-0.2, -0.15) is 0 Å². The third-order valence-corrected chi connectivity index (χ3v) is 9.08. The quantitative estimate of drug-likeness (QED) is 0.128. The molecule has 4 aromatic rings. The first-order chi connectivity index (χ1) is 23.1. The van der Waals surface area contributed by atoms with Crippen LogP contribution < -0.4 is 29.7 Å². The van der Waals surface area contributed by atoms with Crippen molar-refractivity contribution >= 4 is 76.0 Å². The van der Waals surface area contributed by atoms with Gasteiger partial charge < -0.3 is 24.8 Å². The number of carbonyl (C=O) groups excluding carboxylic acids is 4. The lowest BCUT2D eigenvalue weighted by Gasteiger charge is -2.16. The molecule has 1 saturated heterocycles. The topological polar surface area (TPSA) is 123 Å². The van der Waals surface area contributed by atoms with Gasteiger partial charge in [0.1, 0.15) is 5.70 Å². The summed E-state index contributed by atoms with van der Waals surface area (Å²) in [6.07, 6.45) is 1.47. The molecule has 1 aliphatic heterocycles. The molecule has 0 saturated carbocycles. The van der Waals surface area contributed by atoms with Crippen LogP contribution in [0, 0.1) is 0 Å². The lowest BCUT2D eigenvalue weighted by Crippen LogP contribution is -2.31. The van der Waals surface area contributed by atoms with E-state index in [0.29, 0.717) is 49.7 Å². The van der Waals surface area contributed by atoms with E-state index in [4.69, 9.17) is 37.4 Å². The van der Waals surface area contributed by atoms with Crippen LogP contribution >= 0.6 is 35.0 Å². The fraction of sp³-hybridized carbons (Fsp3) is 0.143. The van der Waals surface area contributed by atoms with E-state index in [1.807, 2.05) is 0 Å². The molecule has 0 spiro atoms. The summed E-state index contributed by atoms with van der Waals surface area (Å²) in [4.78, 5) is 54.7. The molecule has 0 aliphatic carbocycles. The molecule has 2 N–H and O–H groups in total. The van der Waals surface area contributed by atoms with E-state index in [9.17, 15) is 19.2 Å². The second-order valence-electron chi connectivity index (χ2n) is 10.3. The lowest BCUT2D eigenvalue weighted by molar-refractivity contribution is -0.121. The van der Waals surface area contributed by atoms with Gasteiger partial charge in [-0.05, 0) is 72.3 Å². The van der Waals surface area contributed by atoms with Crippen molar-refractivity contribution in [1.29, 1.82) is 0 Å². The first kappa shape index (κ1) is 34.4. The number of halogens is 2. The zero-order chi connectivity index (χ0) is 34.4. The molecule has 5 rings (SSSR count). The summed E-state index contributed by atoms with van der Waals surface area (Å²) in [7, 11) is 4.42. The molecule has 0 radical (unpaired) electrons. The Labute approximate surface area is 290 Å². The monoisotopic (exact) mass is 705 g/mol. The van der Waals surface area contributed by atoms with Crippen molar-refractivity contribution < 1.29 is 33.4 Å². The number of nitrogens with one attached hydrogen (secondary N) is 2. The Bertz CT molecular complexity index is 1890. The van der Waals surface area contributed by atoms with Crippen LogP contribution in [0.1, 0.15) is 22.3 Å². The van der Waals surface area contributed by atoms with Gasteiger partial charge >= 0.3 is 0 Å². The molecule has 0 aromatic heterocycles. The van der Waals surface area contributed by atoms with Gasteiger partial charge in [-0.1, -0.05) is 47.5 Å². The van der Waals surface area contributed by atoms with Gasteiger partial charge in [-0.3, -0.25) is 19.2 Å². The van der Waals surface area contributed by atoms with E-state index >= 15 is 0 Å². The zero-order valence-electron chi connectivity index (χ0n) is 25.9. The van der Waals surface area contributed by atoms with E-state index in [-0.39, 0.29) is 23.0 Å². The number of hydrogen-bond acceptors (Lipinski definition) is 8. The highest BCUT2D eigenvalue weighted by Gasteiger charge is 2.40. The van der Waals surface area contributed by atoms with Crippen LogP contribution in [0.4, 0.5) is 11.4 Å². The third-order valence-electron chi connectivity index (χ3n) is 7.16. The number of thioether (sulfide) groups is 1. The molecule has 1 aliphatic rings. The van der Waals surface area contributed by atoms with Crippen molar-refractivity contribution in [2.45, 2.75) is 16.6 Å². The van der Waals surface area contributed by atoms with Crippen molar-refractivity contribution in [1.82, 2.24) is 5.32 Å². The Morgan fingerprint density at radius 3 is 2.21 bits per heavy atom. The van der Waals surface area contributed by atoms with E-state index < -0.39 is 23.0 Å². The van der Waals surface area contributed by atoms with Crippen LogP contribution in [-0.2, 0) is 14.4 Å². The second-order valence-corrected chi connectivity index (χ2v) is 12.4. The van der Waals surface area contributed by atoms with Crippen molar-refractivity contribution in [3.05, 3.63) is 112 Å². The Morgan fingerprint density at radius 1 is 0.854 bits per heavy atom. The zero-order valence-corrected chi connectivity index (χ0v) is 28.2. The molecule has 4 amide bonds. The number of amides is 4. The summed E-state index contributed by atoms with van der Waals surface area (Å²) in [5.41, 5.74) is 1.51. The van der Waals surface area contributed by atoms with Crippen LogP contribution in [0.2, 0.25) is 10.0 Å². The number of anilines is 2. The highest BCUT2D eigenvalue weighted by Crippen LogP contribution is 2.39. The van der Waals surface area contributed by atoms with Crippen LogP contribution in [0.15, 0.2) is 95.5 Å². The molecule has 1 fully saturated rings. The predicted octanol–water partition coefficient (Wildman–Crippen LogP) is 6.85. The number of rotatable bonds is 11. The summed E-state index contributed by atoms with van der Waals surface area (Å²) in [5, 5.41) is 5.37. The van der Waals surface area contributed by atoms with Crippen molar-refractivity contribution in [3.63, 3.8) is 0 Å². The minimum atomic E-state index is -0.696. The molecule has 48 heavy (non-hydrogen) atoms. The average Bonchev–Trinajstić information content (AvgIpc) is 3.37. The van der Waals surface area contributed by atoms with Crippen LogP contribution in [0.3, 0.4) is 0 Å². The maximum atomic E-state index is 13.7. The van der Waals surface area contributed by atoms with E-state index in [0.717, 1.165) is 4.90 Å². The number of benzene rings is 4. The van der Waals surface area contributed by atoms with Crippen LogP contribution in [0.25, 0.3) is 6.08 Å². The van der Waals surface area contributed by atoms with Gasteiger partial charge in [0.25, 0.3) is 11.8 Å². The number of nitrogens with zero attached hydrogens (tertiary/aromatic N) is 1. The number of methoxy groups -OCH3 is 3. The van der Waals surface area contributed by atoms with Crippen molar-refractivity contribution in [2.75, 3.05) is 31.5 Å². The summed E-state index contributed by atoms with van der Waals surface area (Å²) in [5.74, 6) is -0.779. The number of ether oxygens (including phenoxy) is 3. The first-order valence-electron chi connectivity index (χ1n) is 14.4. The summed E-state index contributed by atoms with van der Waals surface area (Å²) >= 11 is 13.3. The fourth-order valence-corrected chi connectivity index (χ4v) is 6.30. The second kappa shape index (κ2) is 15.3. The summed E-state index contributed by atoms with van der Waals surface area (Å²) in [6, 6.07) is 23.1. The normalized spacial score (nSPS) is 14.5. The maximum absolute atomic E-state index is 13.7. The molecule has 246 valence electrons. The van der Waals surface area contributed by atoms with Crippen molar-refractivity contribution in [2.24, 2.45) is 0 Å². The highest BCUT2D eigenvalue weighted by atomic mass is 35.5. The van der Waals surface area contributed by atoms with Gasteiger partial charge in [0.05, 0.1) is 42.3 Å². The van der Waals surface area contributed by atoms with Gasteiger partial charge in [0, 0.05) is 22.6 Å². The first-order valence-corrected chi connectivity index (χ1v) is 16.0. The van der Waals surface area contributed by atoms with E-state index in [1.54, 1.807) is 72.8 Å². The maximum Gasteiger partial charge on any atom is 0.272 e. The van der Waals surface area contributed by atoms with Gasteiger partial charge in [-0.25, -0.2) is 4.90 Å². The summed E-state index contributed by atoms with van der Waals surface area (Å²) < 4.78 is 16.3. The minimum absolute atomic E-state index is 0.0203. The van der Waals surface area contributed by atoms with Crippen LogP contribution in [-0.4, -0.2) is 50.2 Å². The smallest absolute Gasteiger partial charge is 0.272 e. The Kier molecular flexibility index (Phi) is 10.9. The molecule has 1 heterocycles. The molecule has 13 heteroatoms. The molecule has 0 bridgehead atoms. The highest BCUT2D eigenvalue weighted by molar-refractivity contribution is 8.00. The lowest BCUT2D eigenvalue weighted by atomic mass is 10.1. The molecular weight excluding hydrogens is 677 g/mol. The molecule has 4 aromatic carbocycles. The number of carbonyl (C=O) groups is 4. The van der Waals surface area contributed by atoms with Gasteiger partial charge in [-0.15, -0.1) is 11.8 Å². The summed E-state index contributed by atoms with van der Waals surface area (Å²) in [6.45, 7) is 0.